The SMILES string of the molecule is COc1ccc(NC(=O)/C=C/CN(C)CCCCNC(=O)CCCC(=O)NCCCOCCOCCOCCCNC(=O)CCCC[C@@H]2SC[C@@H]3NC(=O)N[C@@H]32)cc1Nc1cc(Nc2ccc(F)c(I)c2)ncn1. The highest BCUT2D eigenvalue weighted by Crippen LogP contribution is 2.34. The summed E-state index contributed by atoms with van der Waals surface area (Å²) in [6.45, 7) is 5.83. The van der Waals surface area contributed by atoms with Crippen LogP contribution in [0.2, 0.25) is 0 Å². The molecule has 20 nitrogen and oxygen atoms in total. The van der Waals surface area contributed by atoms with Crippen LogP contribution in [0.3, 0.4) is 0 Å². The van der Waals surface area contributed by atoms with Gasteiger partial charge in [-0.25, -0.2) is 19.2 Å². The molecule has 3 heterocycles. The highest BCUT2D eigenvalue weighted by molar-refractivity contribution is 14.1. The van der Waals surface area contributed by atoms with Gasteiger partial charge in [0, 0.05) is 93.2 Å². The van der Waals surface area contributed by atoms with Gasteiger partial charge < -0.3 is 66.4 Å². The second-order valence-electron chi connectivity index (χ2n) is 17.8. The van der Waals surface area contributed by atoms with Crippen LogP contribution in [-0.4, -0.2) is 154 Å². The van der Waals surface area contributed by atoms with Crippen molar-refractivity contribution in [2.45, 2.75) is 88.0 Å². The van der Waals surface area contributed by atoms with Crippen molar-refractivity contribution < 1.29 is 47.3 Å². The van der Waals surface area contributed by atoms with Gasteiger partial charge in [0.05, 0.1) is 54.9 Å². The minimum Gasteiger partial charge on any atom is -0.495 e. The van der Waals surface area contributed by atoms with E-state index in [1.807, 2.05) is 41.4 Å². The van der Waals surface area contributed by atoms with Crippen molar-refractivity contribution in [2.24, 2.45) is 0 Å². The van der Waals surface area contributed by atoms with Crippen LogP contribution in [0.1, 0.15) is 70.6 Å². The Morgan fingerprint density at radius 3 is 2.08 bits per heavy atom. The molecule has 1 aromatic heterocycles. The van der Waals surface area contributed by atoms with Crippen molar-refractivity contribution in [1.29, 1.82) is 0 Å². The second kappa shape index (κ2) is 34.3. The minimum absolute atomic E-state index is 0.0599. The monoisotopic (exact) mass is 1160 g/mol. The van der Waals surface area contributed by atoms with Crippen molar-refractivity contribution in [3.05, 3.63) is 70.3 Å². The largest absolute Gasteiger partial charge is 0.495 e. The third-order valence-electron chi connectivity index (χ3n) is 11.8. The van der Waals surface area contributed by atoms with Gasteiger partial charge in [0.15, 0.2) is 0 Å². The van der Waals surface area contributed by atoms with Crippen LogP contribution in [0.25, 0.3) is 0 Å². The van der Waals surface area contributed by atoms with Gasteiger partial charge in [-0.3, -0.25) is 19.2 Å². The van der Waals surface area contributed by atoms with E-state index < -0.39 is 0 Å². The van der Waals surface area contributed by atoms with E-state index in [2.05, 4.69) is 57.4 Å². The van der Waals surface area contributed by atoms with Crippen LogP contribution >= 0.6 is 34.4 Å². The summed E-state index contributed by atoms with van der Waals surface area (Å²) in [4.78, 5) is 71.5. The standard InChI is InChI=1S/C51H73FIN11O9S/c1-64(24-8-15-49(68)60-37-17-19-42(70-2)40(32-37)61-45-33-44(57-35-58-45)59-36-16-18-38(52)39(53)31-36)23-6-5-20-54-47(66)13-7-14-48(67)56-22-10-26-72-28-30-73-29-27-71-25-9-21-55-46(65)12-4-3-11-43-50-41(34-74-43)62-51(69)63-50/h8,15-19,31-33,35,41,43,50H,3-7,9-14,20-30,34H2,1-2H3,(H,54,66)(H,55,65)(H,56,67)(H,60,68)(H2,62,63,69)(H2,57,58,59,61)/b15-8+/t41-,43-,50-/m0/s1. The predicted molar refractivity (Wildman–Crippen MR) is 294 cm³/mol. The Hall–Kier alpha value is -5.34. The van der Waals surface area contributed by atoms with Crippen molar-refractivity contribution in [1.82, 2.24) is 41.5 Å². The number of ether oxygens (including phenoxy) is 4. The summed E-state index contributed by atoms with van der Waals surface area (Å²) in [5, 5.41) is 24.4. The molecule has 0 bridgehead atoms. The number of hydrogen-bond acceptors (Lipinski definition) is 15. The number of benzene rings is 2. The number of hydrogen-bond donors (Lipinski definition) is 8. The number of unbranched alkanes of at least 4 members (excludes halogenated alkanes) is 2. The quantitative estimate of drug-likeness (QED) is 0.0143. The zero-order valence-electron chi connectivity index (χ0n) is 42.4. The summed E-state index contributed by atoms with van der Waals surface area (Å²) in [6, 6.07) is 12.0. The molecule has 3 atom stereocenters. The van der Waals surface area contributed by atoms with Crippen LogP contribution in [0.15, 0.2) is 60.9 Å². The summed E-state index contributed by atoms with van der Waals surface area (Å²) < 4.78 is 36.4. The molecule has 2 aromatic carbocycles. The molecule has 0 unspecified atom stereocenters. The lowest BCUT2D eigenvalue weighted by Gasteiger charge is -2.16. The third-order valence-corrected chi connectivity index (χ3v) is 14.1. The number of methoxy groups -OCH3 is 1. The van der Waals surface area contributed by atoms with Gasteiger partial charge in [-0.05, 0) is 118 Å². The van der Waals surface area contributed by atoms with Crippen molar-refractivity contribution in [3.63, 3.8) is 0 Å². The van der Waals surface area contributed by atoms with Crippen molar-refractivity contribution in [3.8, 4) is 5.75 Å². The highest BCUT2D eigenvalue weighted by Gasteiger charge is 2.42. The summed E-state index contributed by atoms with van der Waals surface area (Å²) in [6.07, 6.45) is 12.1. The van der Waals surface area contributed by atoms with Gasteiger partial charge in [-0.1, -0.05) is 12.5 Å². The van der Waals surface area contributed by atoms with Crippen molar-refractivity contribution >= 4 is 92.7 Å². The number of rotatable bonds is 37. The molecule has 0 spiro atoms. The molecule has 6 amide bonds. The molecule has 2 aliphatic rings. The van der Waals surface area contributed by atoms with Crippen LogP contribution in [0.5, 0.6) is 5.75 Å². The summed E-state index contributed by atoms with van der Waals surface area (Å²) >= 11 is 3.82. The molecule has 74 heavy (non-hydrogen) atoms. The molecule has 3 aromatic rings. The fourth-order valence-corrected chi connectivity index (χ4v) is 9.94. The van der Waals surface area contributed by atoms with E-state index in [9.17, 15) is 28.4 Å². The van der Waals surface area contributed by atoms with E-state index in [-0.39, 0.29) is 60.4 Å². The normalized spacial score (nSPS) is 15.9. The first kappa shape index (κ1) is 59.5. The molecular weight excluding hydrogens is 1090 g/mol. The van der Waals surface area contributed by atoms with Gasteiger partial charge in [0.25, 0.3) is 0 Å². The Kier molecular flexibility index (Phi) is 27.6. The van der Waals surface area contributed by atoms with Gasteiger partial charge in [0.1, 0.15) is 29.5 Å². The third kappa shape index (κ3) is 23.5. The second-order valence-corrected chi connectivity index (χ2v) is 20.2. The van der Waals surface area contributed by atoms with Gasteiger partial charge in [-0.2, -0.15) is 11.8 Å². The fourth-order valence-electron chi connectivity index (χ4n) is 7.88. The molecular formula is C51H73FIN11O9S. The zero-order chi connectivity index (χ0) is 52.8. The maximum Gasteiger partial charge on any atom is 0.315 e. The number of urea groups is 1. The first-order valence-electron chi connectivity index (χ1n) is 25.3. The van der Waals surface area contributed by atoms with E-state index in [4.69, 9.17) is 18.9 Å². The van der Waals surface area contributed by atoms with Crippen LogP contribution in [0.4, 0.5) is 37.9 Å². The Balaban J connectivity index is 0.771. The lowest BCUT2D eigenvalue weighted by Crippen LogP contribution is -2.36. The molecule has 8 N–H and O–H groups in total. The maximum absolute atomic E-state index is 13.7. The zero-order valence-corrected chi connectivity index (χ0v) is 45.4. The van der Waals surface area contributed by atoms with Crippen LogP contribution < -0.4 is 47.3 Å². The number of likely N-dealkylation sites (N-methyl/N-ethyl adjacent to an activating group) is 1. The summed E-state index contributed by atoms with van der Waals surface area (Å²) in [5.74, 6) is 1.77. The highest BCUT2D eigenvalue weighted by atomic mass is 127. The molecule has 0 saturated carbocycles. The number of amides is 6. The van der Waals surface area contributed by atoms with Gasteiger partial charge in [0.2, 0.25) is 23.6 Å². The molecule has 406 valence electrons. The molecule has 0 radical (unpaired) electrons. The van der Waals surface area contributed by atoms with E-state index in [0.29, 0.717) is 128 Å². The first-order valence-corrected chi connectivity index (χ1v) is 27.5. The number of carbonyl (C=O) groups excluding carboxylic acids is 5. The van der Waals surface area contributed by atoms with E-state index in [1.54, 1.807) is 49.6 Å². The van der Waals surface area contributed by atoms with Crippen molar-refractivity contribution in [2.75, 3.05) is 108 Å². The topological polar surface area (TPSA) is 248 Å². The number of thioether (sulfide) groups is 1. The number of nitrogens with zero attached hydrogens (tertiary/aromatic N) is 3. The lowest BCUT2D eigenvalue weighted by molar-refractivity contribution is -0.123. The van der Waals surface area contributed by atoms with E-state index in [1.165, 1.54) is 18.5 Å². The molecule has 23 heteroatoms. The lowest BCUT2D eigenvalue weighted by atomic mass is 10.0. The summed E-state index contributed by atoms with van der Waals surface area (Å²) in [5.41, 5.74) is 1.80. The molecule has 2 saturated heterocycles. The Labute approximate surface area is 451 Å². The number of anilines is 5. The number of fused-ring (bicyclic) bond motifs is 1. The van der Waals surface area contributed by atoms with E-state index >= 15 is 0 Å². The Bertz CT molecular complexity index is 2270. The molecule has 5 rings (SSSR count). The Morgan fingerprint density at radius 2 is 1.41 bits per heavy atom. The van der Waals surface area contributed by atoms with Crippen LogP contribution in [0, 0.1) is 9.39 Å². The number of carbonyl (C=O) groups is 5. The average molecular weight is 1160 g/mol. The smallest absolute Gasteiger partial charge is 0.315 e. The van der Waals surface area contributed by atoms with Gasteiger partial charge in [-0.15, -0.1) is 0 Å². The predicted octanol–water partition coefficient (Wildman–Crippen LogP) is 6.00. The summed E-state index contributed by atoms with van der Waals surface area (Å²) in [7, 11) is 3.51. The Morgan fingerprint density at radius 1 is 0.770 bits per heavy atom. The molecule has 0 aliphatic carbocycles. The first-order chi connectivity index (χ1) is 35.9. The minimum atomic E-state index is -0.301. The molecule has 2 aliphatic heterocycles. The number of nitrogens with one attached hydrogen (secondary N) is 8. The average Bonchev–Trinajstić information content (AvgIpc) is 3.94. The van der Waals surface area contributed by atoms with E-state index in [0.717, 1.165) is 50.8 Å². The van der Waals surface area contributed by atoms with Crippen LogP contribution in [-0.2, 0) is 33.4 Å². The molecule has 2 fully saturated rings. The maximum atomic E-state index is 13.7. The number of halogens is 2. The van der Waals surface area contributed by atoms with Gasteiger partial charge >= 0.3 is 6.03 Å². The fraction of sp³-hybridized carbons (Fsp3) is 0.549. The number of aromatic nitrogens is 2.